The second-order valence-corrected chi connectivity index (χ2v) is 5.64. The van der Waals surface area contributed by atoms with Crippen molar-refractivity contribution in [2.24, 2.45) is 0 Å². The van der Waals surface area contributed by atoms with Crippen molar-refractivity contribution in [1.29, 1.82) is 0 Å². The van der Waals surface area contributed by atoms with E-state index in [9.17, 15) is 0 Å². The van der Waals surface area contributed by atoms with Crippen molar-refractivity contribution in [2.75, 3.05) is 13.2 Å². The van der Waals surface area contributed by atoms with Crippen LogP contribution < -0.4 is 0 Å². The largest absolute Gasteiger partial charge is 0.444 e. The van der Waals surface area contributed by atoms with Crippen molar-refractivity contribution in [3.8, 4) is 11.5 Å². The lowest BCUT2D eigenvalue weighted by Crippen LogP contribution is -2.40. The second-order valence-electron chi connectivity index (χ2n) is 5.64. The summed E-state index contributed by atoms with van der Waals surface area (Å²) in [6.07, 6.45) is 6.41. The highest BCUT2D eigenvalue weighted by Gasteiger charge is 2.25. The molecule has 1 fully saturated rings. The van der Waals surface area contributed by atoms with Gasteiger partial charge in [-0.15, -0.1) is 0 Å². The lowest BCUT2D eigenvalue weighted by atomic mass is 9.91. The van der Waals surface area contributed by atoms with E-state index < -0.39 is 0 Å². The predicted molar refractivity (Wildman–Crippen MR) is 81.7 cm³/mol. The fourth-order valence-electron chi connectivity index (χ4n) is 2.72. The third-order valence-electron chi connectivity index (χ3n) is 4.13. The van der Waals surface area contributed by atoms with Gasteiger partial charge >= 0.3 is 0 Å². The number of oxazole rings is 1. The molecule has 0 radical (unpaired) electrons. The molecule has 1 aromatic heterocycles. The van der Waals surface area contributed by atoms with Crippen LogP contribution in [0.25, 0.3) is 11.5 Å². The lowest BCUT2D eigenvalue weighted by molar-refractivity contribution is 0.108. The molecule has 1 saturated carbocycles. The first-order chi connectivity index (χ1) is 10.4. The Balaban J connectivity index is 1.67. The molecule has 1 heterocycles. The Morgan fingerprint density at radius 2 is 2.05 bits per heavy atom. The molecular weight excluding hydrogens is 264 g/mol. The summed E-state index contributed by atoms with van der Waals surface area (Å²) in [4.78, 5) is 7.02. The number of nitrogens with zero attached hydrogens (tertiary/aromatic N) is 2. The fraction of sp³-hybridized carbons (Fsp3) is 0.471. The number of rotatable bonds is 7. The summed E-state index contributed by atoms with van der Waals surface area (Å²) in [6, 6.07) is 10.6. The maximum Gasteiger partial charge on any atom is 0.226 e. The van der Waals surface area contributed by atoms with Gasteiger partial charge in [0.15, 0.2) is 0 Å². The van der Waals surface area contributed by atoms with Gasteiger partial charge in [-0.1, -0.05) is 24.6 Å². The van der Waals surface area contributed by atoms with Crippen molar-refractivity contribution >= 4 is 0 Å². The van der Waals surface area contributed by atoms with Crippen LogP contribution in [0.3, 0.4) is 0 Å². The zero-order valence-electron chi connectivity index (χ0n) is 12.2. The SMILES string of the molecule is OCCCN(Cc1coc(-c2ccccc2)n1)C1CCC1. The molecule has 4 heteroatoms. The molecule has 112 valence electrons. The standard InChI is InChI=1S/C17H22N2O2/c20-11-5-10-19(16-8-4-9-16)12-15-13-21-17(18-15)14-6-2-1-3-7-14/h1-3,6-7,13,16,20H,4-5,8-12H2. The van der Waals surface area contributed by atoms with Crippen LogP contribution in [0.5, 0.6) is 0 Å². The minimum Gasteiger partial charge on any atom is -0.444 e. The molecule has 21 heavy (non-hydrogen) atoms. The van der Waals surface area contributed by atoms with Crippen LogP contribution in [-0.2, 0) is 6.54 Å². The minimum absolute atomic E-state index is 0.247. The third kappa shape index (κ3) is 3.52. The summed E-state index contributed by atoms with van der Waals surface area (Å²) >= 11 is 0. The van der Waals surface area contributed by atoms with Crippen molar-refractivity contribution in [3.05, 3.63) is 42.3 Å². The Morgan fingerprint density at radius 3 is 2.71 bits per heavy atom. The number of hydrogen-bond acceptors (Lipinski definition) is 4. The molecule has 0 atom stereocenters. The van der Waals surface area contributed by atoms with Gasteiger partial charge in [0.2, 0.25) is 5.89 Å². The molecule has 0 amide bonds. The number of benzene rings is 1. The normalized spacial score (nSPS) is 15.3. The van der Waals surface area contributed by atoms with Gasteiger partial charge < -0.3 is 9.52 Å². The molecule has 1 aromatic carbocycles. The smallest absolute Gasteiger partial charge is 0.226 e. The first-order valence-electron chi connectivity index (χ1n) is 7.71. The molecular formula is C17H22N2O2. The zero-order chi connectivity index (χ0) is 14.5. The fourth-order valence-corrected chi connectivity index (χ4v) is 2.72. The van der Waals surface area contributed by atoms with Gasteiger partial charge in [-0.2, -0.15) is 0 Å². The maximum atomic E-state index is 9.05. The van der Waals surface area contributed by atoms with Crippen LogP contribution in [-0.4, -0.2) is 34.2 Å². The van der Waals surface area contributed by atoms with Crippen LogP contribution in [0.15, 0.2) is 41.0 Å². The number of aromatic nitrogens is 1. The Bertz CT molecular complexity index is 549. The average molecular weight is 286 g/mol. The average Bonchev–Trinajstić information content (AvgIpc) is 2.92. The predicted octanol–water partition coefficient (Wildman–Crippen LogP) is 3.08. The van der Waals surface area contributed by atoms with Crippen LogP contribution in [0.4, 0.5) is 0 Å². The van der Waals surface area contributed by atoms with E-state index in [0.717, 1.165) is 30.8 Å². The van der Waals surface area contributed by atoms with E-state index in [1.54, 1.807) is 6.26 Å². The summed E-state index contributed by atoms with van der Waals surface area (Å²) < 4.78 is 5.60. The molecule has 0 bridgehead atoms. The molecule has 1 aliphatic rings. The molecule has 2 aromatic rings. The van der Waals surface area contributed by atoms with Gasteiger partial charge in [0.05, 0.1) is 5.69 Å². The zero-order valence-corrected chi connectivity index (χ0v) is 12.2. The summed E-state index contributed by atoms with van der Waals surface area (Å²) in [5, 5.41) is 9.05. The van der Waals surface area contributed by atoms with Crippen molar-refractivity contribution in [1.82, 2.24) is 9.88 Å². The minimum atomic E-state index is 0.247. The summed E-state index contributed by atoms with van der Waals surface area (Å²) in [5.41, 5.74) is 1.98. The number of aliphatic hydroxyl groups is 1. The maximum absolute atomic E-state index is 9.05. The Kier molecular flexibility index (Phi) is 4.68. The van der Waals surface area contributed by atoms with E-state index in [1.807, 2.05) is 30.3 Å². The van der Waals surface area contributed by atoms with E-state index >= 15 is 0 Å². The Labute approximate surface area is 125 Å². The monoisotopic (exact) mass is 286 g/mol. The van der Waals surface area contributed by atoms with E-state index in [4.69, 9.17) is 9.52 Å². The van der Waals surface area contributed by atoms with Gasteiger partial charge in [0.25, 0.3) is 0 Å². The van der Waals surface area contributed by atoms with Gasteiger partial charge in [0.1, 0.15) is 6.26 Å². The van der Waals surface area contributed by atoms with E-state index in [0.29, 0.717) is 11.9 Å². The molecule has 0 saturated heterocycles. The summed E-state index contributed by atoms with van der Waals surface area (Å²) in [6.45, 7) is 1.98. The molecule has 4 nitrogen and oxygen atoms in total. The van der Waals surface area contributed by atoms with Crippen LogP contribution in [0.2, 0.25) is 0 Å². The van der Waals surface area contributed by atoms with Gasteiger partial charge in [-0.3, -0.25) is 4.90 Å². The van der Waals surface area contributed by atoms with Crippen molar-refractivity contribution < 1.29 is 9.52 Å². The number of hydrogen-bond donors (Lipinski definition) is 1. The lowest BCUT2D eigenvalue weighted by Gasteiger charge is -2.37. The quantitative estimate of drug-likeness (QED) is 0.850. The summed E-state index contributed by atoms with van der Waals surface area (Å²) in [5.74, 6) is 0.682. The number of aliphatic hydroxyl groups excluding tert-OH is 1. The van der Waals surface area contributed by atoms with Gasteiger partial charge in [-0.05, 0) is 31.4 Å². The van der Waals surface area contributed by atoms with Gasteiger partial charge in [-0.25, -0.2) is 4.98 Å². The van der Waals surface area contributed by atoms with Crippen molar-refractivity contribution in [3.63, 3.8) is 0 Å². The first-order valence-corrected chi connectivity index (χ1v) is 7.71. The van der Waals surface area contributed by atoms with Crippen molar-refractivity contribution in [2.45, 2.75) is 38.3 Å². The molecule has 0 spiro atoms. The Hall–Kier alpha value is -1.65. The highest BCUT2D eigenvalue weighted by Crippen LogP contribution is 2.27. The topological polar surface area (TPSA) is 49.5 Å². The molecule has 0 aliphatic heterocycles. The Morgan fingerprint density at radius 1 is 1.24 bits per heavy atom. The van der Waals surface area contributed by atoms with E-state index in [-0.39, 0.29) is 6.61 Å². The van der Waals surface area contributed by atoms with E-state index in [2.05, 4.69) is 9.88 Å². The van der Waals surface area contributed by atoms with E-state index in [1.165, 1.54) is 19.3 Å². The second kappa shape index (κ2) is 6.87. The molecule has 0 unspecified atom stereocenters. The van der Waals surface area contributed by atoms with Crippen LogP contribution in [0, 0.1) is 0 Å². The molecule has 1 N–H and O–H groups in total. The highest BCUT2D eigenvalue weighted by atomic mass is 16.3. The van der Waals surface area contributed by atoms with Crippen LogP contribution >= 0.6 is 0 Å². The summed E-state index contributed by atoms with van der Waals surface area (Å²) in [7, 11) is 0. The molecule has 1 aliphatic carbocycles. The third-order valence-corrected chi connectivity index (χ3v) is 4.13. The highest BCUT2D eigenvalue weighted by molar-refractivity contribution is 5.52. The molecule has 3 rings (SSSR count). The van der Waals surface area contributed by atoms with Crippen LogP contribution in [0.1, 0.15) is 31.4 Å². The first kappa shape index (κ1) is 14.3. The van der Waals surface area contributed by atoms with Gasteiger partial charge in [0, 0.05) is 31.3 Å².